The number of primary amides is 1. The normalized spacial score (nSPS) is 22.1. The molecular weight excluding hydrogens is 272 g/mol. The van der Waals surface area contributed by atoms with Crippen LogP contribution >= 0.6 is 11.3 Å². The first kappa shape index (κ1) is 13.5. The average molecular weight is 284 g/mol. The van der Waals surface area contributed by atoms with Gasteiger partial charge in [-0.2, -0.15) is 0 Å². The summed E-state index contributed by atoms with van der Waals surface area (Å²) in [6, 6.07) is 1.51. The molecule has 0 spiro atoms. The smallest absolute Gasteiger partial charge is 0.332 e. The van der Waals surface area contributed by atoms with Crippen LogP contribution in [0.3, 0.4) is 0 Å². The van der Waals surface area contributed by atoms with Crippen LogP contribution in [0.1, 0.15) is 23.2 Å². The molecule has 0 aromatic carbocycles. The van der Waals surface area contributed by atoms with E-state index >= 15 is 0 Å². The largest absolute Gasteiger partial charge is 0.479 e. The minimum Gasteiger partial charge on any atom is -0.479 e. The molecule has 0 radical (unpaired) electrons. The van der Waals surface area contributed by atoms with E-state index in [4.69, 9.17) is 15.6 Å². The Morgan fingerprint density at radius 3 is 2.63 bits per heavy atom. The molecule has 0 aliphatic carbocycles. The molecule has 19 heavy (non-hydrogen) atoms. The lowest BCUT2D eigenvalue weighted by molar-refractivity contribution is -0.150. The van der Waals surface area contributed by atoms with Crippen molar-refractivity contribution in [2.24, 2.45) is 5.73 Å². The molecule has 1 aromatic rings. The summed E-state index contributed by atoms with van der Waals surface area (Å²) >= 11 is 1.17. The van der Waals surface area contributed by atoms with Crippen LogP contribution in [0.4, 0.5) is 5.00 Å². The number of thiophene rings is 1. The molecule has 1 aliphatic rings. The maximum absolute atomic E-state index is 11.9. The van der Waals surface area contributed by atoms with Crippen LogP contribution in [-0.4, -0.2) is 35.1 Å². The number of nitrogens with one attached hydrogen (secondary N) is 1. The number of anilines is 1. The molecule has 7 nitrogen and oxygen atoms in total. The zero-order valence-corrected chi connectivity index (χ0v) is 10.6. The standard InChI is InChI=1S/C11H12N2O5S/c12-8(14)5-3-4-19-10(5)13-9(15)6-1-2-7(18-6)11(16)17/h3-4,6-7H,1-2H2,(H2,12,14)(H,13,15)(H,16,17)/t6-,7+/m0/s1. The highest BCUT2D eigenvalue weighted by atomic mass is 32.1. The van der Waals surface area contributed by atoms with Crippen molar-refractivity contribution in [2.75, 3.05) is 5.32 Å². The SMILES string of the molecule is NC(=O)c1ccsc1NC(=O)[C@@H]1CC[C@H](C(=O)O)O1. The molecule has 1 fully saturated rings. The first-order chi connectivity index (χ1) is 8.99. The number of carbonyl (C=O) groups excluding carboxylic acids is 2. The Morgan fingerprint density at radius 2 is 2.05 bits per heavy atom. The van der Waals surface area contributed by atoms with E-state index in [0.717, 1.165) is 0 Å². The molecule has 2 amide bonds. The van der Waals surface area contributed by atoms with Gasteiger partial charge < -0.3 is 20.9 Å². The van der Waals surface area contributed by atoms with Crippen LogP contribution in [-0.2, 0) is 14.3 Å². The minimum absolute atomic E-state index is 0.228. The van der Waals surface area contributed by atoms with Crippen LogP contribution < -0.4 is 11.1 Å². The summed E-state index contributed by atoms with van der Waals surface area (Å²) < 4.78 is 5.11. The number of ether oxygens (including phenoxy) is 1. The fraction of sp³-hybridized carbons (Fsp3) is 0.364. The second kappa shape index (κ2) is 5.37. The third kappa shape index (κ3) is 2.91. The van der Waals surface area contributed by atoms with E-state index in [1.165, 1.54) is 17.4 Å². The molecule has 4 N–H and O–H groups in total. The van der Waals surface area contributed by atoms with E-state index in [9.17, 15) is 14.4 Å². The van der Waals surface area contributed by atoms with Crippen LogP contribution in [0.5, 0.6) is 0 Å². The van der Waals surface area contributed by atoms with E-state index in [1.807, 2.05) is 0 Å². The van der Waals surface area contributed by atoms with Crippen LogP contribution in [0.2, 0.25) is 0 Å². The summed E-state index contributed by atoms with van der Waals surface area (Å²) in [5, 5.41) is 13.3. The maximum atomic E-state index is 11.9. The van der Waals surface area contributed by atoms with Gasteiger partial charge in [0.15, 0.2) is 6.10 Å². The van der Waals surface area contributed by atoms with Gasteiger partial charge in [-0.05, 0) is 24.3 Å². The number of carboxylic acids is 1. The van der Waals surface area contributed by atoms with E-state index in [-0.39, 0.29) is 5.56 Å². The zero-order chi connectivity index (χ0) is 14.0. The predicted octanol–water partition coefficient (Wildman–Crippen LogP) is 0.418. The van der Waals surface area contributed by atoms with Crippen molar-refractivity contribution >= 4 is 34.1 Å². The maximum Gasteiger partial charge on any atom is 0.332 e. The summed E-state index contributed by atoms with van der Waals surface area (Å²) in [6.07, 6.45) is -1.14. The summed E-state index contributed by atoms with van der Waals surface area (Å²) in [5.41, 5.74) is 5.39. The highest BCUT2D eigenvalue weighted by molar-refractivity contribution is 7.14. The van der Waals surface area contributed by atoms with Gasteiger partial charge in [-0.3, -0.25) is 9.59 Å². The molecule has 102 valence electrons. The Kier molecular flexibility index (Phi) is 3.82. The fourth-order valence-corrected chi connectivity index (χ4v) is 2.60. The number of carboxylic acid groups (broad SMARTS) is 1. The van der Waals surface area contributed by atoms with E-state index in [0.29, 0.717) is 17.8 Å². The number of hydrogen-bond acceptors (Lipinski definition) is 5. The Hall–Kier alpha value is -1.93. The zero-order valence-electron chi connectivity index (χ0n) is 9.79. The summed E-state index contributed by atoms with van der Waals surface area (Å²) in [7, 11) is 0. The molecule has 0 bridgehead atoms. The molecule has 1 aliphatic heterocycles. The van der Waals surface area contributed by atoms with Crippen molar-refractivity contribution in [3.63, 3.8) is 0 Å². The van der Waals surface area contributed by atoms with Crippen molar-refractivity contribution in [1.82, 2.24) is 0 Å². The number of amides is 2. The molecule has 2 heterocycles. The Bertz CT molecular complexity index is 527. The van der Waals surface area contributed by atoms with E-state index in [2.05, 4.69) is 5.32 Å². The minimum atomic E-state index is -1.08. The number of hydrogen-bond donors (Lipinski definition) is 3. The number of aliphatic carboxylic acids is 1. The lowest BCUT2D eigenvalue weighted by Crippen LogP contribution is -2.30. The molecule has 1 aromatic heterocycles. The Balaban J connectivity index is 2.00. The quantitative estimate of drug-likeness (QED) is 0.740. The van der Waals surface area contributed by atoms with Crippen LogP contribution in [0.25, 0.3) is 0 Å². The molecule has 0 unspecified atom stereocenters. The predicted molar refractivity (Wildman–Crippen MR) is 67.0 cm³/mol. The monoisotopic (exact) mass is 284 g/mol. The van der Waals surface area contributed by atoms with Gasteiger partial charge in [0.25, 0.3) is 11.8 Å². The molecular formula is C11H12N2O5S. The molecule has 2 atom stereocenters. The van der Waals surface area contributed by atoms with Gasteiger partial charge in [0.1, 0.15) is 11.1 Å². The van der Waals surface area contributed by atoms with Gasteiger partial charge in [-0.1, -0.05) is 0 Å². The van der Waals surface area contributed by atoms with Crippen molar-refractivity contribution < 1.29 is 24.2 Å². The topological polar surface area (TPSA) is 119 Å². The molecule has 1 saturated heterocycles. The van der Waals surface area contributed by atoms with Crippen molar-refractivity contribution in [3.8, 4) is 0 Å². The second-order valence-corrected chi connectivity index (χ2v) is 4.96. The Morgan fingerprint density at radius 1 is 1.37 bits per heavy atom. The molecule has 2 rings (SSSR count). The summed E-state index contributed by atoms with van der Waals surface area (Å²) in [4.78, 5) is 33.7. The van der Waals surface area contributed by atoms with Gasteiger partial charge in [-0.15, -0.1) is 11.3 Å². The van der Waals surface area contributed by atoms with E-state index in [1.54, 1.807) is 5.38 Å². The first-order valence-electron chi connectivity index (χ1n) is 5.55. The third-order valence-corrected chi connectivity index (χ3v) is 3.58. The number of carbonyl (C=O) groups is 3. The van der Waals surface area contributed by atoms with Crippen molar-refractivity contribution in [1.29, 1.82) is 0 Å². The molecule has 0 saturated carbocycles. The van der Waals surface area contributed by atoms with Crippen molar-refractivity contribution in [2.45, 2.75) is 25.0 Å². The second-order valence-electron chi connectivity index (χ2n) is 4.05. The van der Waals surface area contributed by atoms with Crippen LogP contribution in [0, 0.1) is 0 Å². The third-order valence-electron chi connectivity index (χ3n) is 2.75. The summed E-state index contributed by atoms with van der Waals surface area (Å²) in [5.74, 6) is -2.18. The van der Waals surface area contributed by atoms with Gasteiger partial charge in [0, 0.05) is 0 Å². The van der Waals surface area contributed by atoms with Crippen LogP contribution in [0.15, 0.2) is 11.4 Å². The number of nitrogens with two attached hydrogens (primary N) is 1. The van der Waals surface area contributed by atoms with Gasteiger partial charge in [0.05, 0.1) is 5.56 Å². The highest BCUT2D eigenvalue weighted by Crippen LogP contribution is 2.25. The average Bonchev–Trinajstić information content (AvgIpc) is 2.96. The van der Waals surface area contributed by atoms with Gasteiger partial charge in [-0.25, -0.2) is 4.79 Å². The Labute approximate surface area is 112 Å². The number of rotatable bonds is 4. The van der Waals surface area contributed by atoms with E-state index < -0.39 is 30.0 Å². The molecule has 8 heteroatoms. The summed E-state index contributed by atoms with van der Waals surface area (Å²) in [6.45, 7) is 0. The van der Waals surface area contributed by atoms with Gasteiger partial charge in [0.2, 0.25) is 0 Å². The van der Waals surface area contributed by atoms with Crippen molar-refractivity contribution in [3.05, 3.63) is 17.0 Å². The fourth-order valence-electron chi connectivity index (χ4n) is 1.80. The first-order valence-corrected chi connectivity index (χ1v) is 6.43. The highest BCUT2D eigenvalue weighted by Gasteiger charge is 2.35. The lowest BCUT2D eigenvalue weighted by atomic mass is 10.2. The lowest BCUT2D eigenvalue weighted by Gasteiger charge is -2.11. The van der Waals surface area contributed by atoms with Gasteiger partial charge >= 0.3 is 5.97 Å².